The highest BCUT2D eigenvalue weighted by atomic mass is 16.3. The number of aliphatic hydroxyl groups is 1. The number of rotatable bonds is 7. The summed E-state index contributed by atoms with van der Waals surface area (Å²) in [5.74, 6) is 0.329. The standard InChI is InChI=1S/C15H23N5O3/c1-4-9(2)12(7-21)19-13(22)6-5-11-10(3)18-15-16-8-17-20(15)14(11)23/h8-9,12,21H,4-7H2,1-3H3,(H,19,22)(H,16,17,18)/t9-,12-/m0/s1. The Morgan fingerprint density at radius 1 is 1.52 bits per heavy atom. The van der Waals surface area contributed by atoms with Crippen LogP contribution >= 0.6 is 0 Å². The monoisotopic (exact) mass is 321 g/mol. The van der Waals surface area contributed by atoms with E-state index in [1.807, 2.05) is 13.8 Å². The third-order valence-corrected chi connectivity index (χ3v) is 4.21. The quantitative estimate of drug-likeness (QED) is 0.673. The molecule has 0 bridgehead atoms. The fraction of sp³-hybridized carbons (Fsp3) is 0.600. The Balaban J connectivity index is 2.06. The molecule has 2 aromatic heterocycles. The average molecular weight is 321 g/mol. The molecular weight excluding hydrogens is 298 g/mol. The largest absolute Gasteiger partial charge is 0.394 e. The molecule has 0 aliphatic carbocycles. The summed E-state index contributed by atoms with van der Waals surface area (Å²) in [6.45, 7) is 5.63. The van der Waals surface area contributed by atoms with Gasteiger partial charge in [-0.25, -0.2) is 9.97 Å². The lowest BCUT2D eigenvalue weighted by Gasteiger charge is -2.22. The molecule has 8 nitrogen and oxygen atoms in total. The second kappa shape index (κ2) is 7.36. The minimum absolute atomic E-state index is 0.0932. The van der Waals surface area contributed by atoms with Crippen LogP contribution < -0.4 is 10.9 Å². The second-order valence-corrected chi connectivity index (χ2v) is 5.75. The second-order valence-electron chi connectivity index (χ2n) is 5.75. The third kappa shape index (κ3) is 3.76. The summed E-state index contributed by atoms with van der Waals surface area (Å²) in [5, 5.41) is 14.9. The molecule has 2 rings (SSSR count). The lowest BCUT2D eigenvalue weighted by atomic mass is 9.99. The number of nitrogens with zero attached hydrogens (tertiary/aromatic N) is 3. The number of aryl methyl sites for hydroxylation is 1. The number of aromatic amines is 1. The first kappa shape index (κ1) is 17.1. The maximum Gasteiger partial charge on any atom is 0.277 e. The summed E-state index contributed by atoms with van der Waals surface area (Å²) < 4.78 is 1.26. The highest BCUT2D eigenvalue weighted by Crippen LogP contribution is 2.08. The molecule has 2 heterocycles. The van der Waals surface area contributed by atoms with Gasteiger partial charge in [0.15, 0.2) is 0 Å². The smallest absolute Gasteiger partial charge is 0.277 e. The van der Waals surface area contributed by atoms with Gasteiger partial charge in [0.2, 0.25) is 5.91 Å². The SMILES string of the molecule is CC[C@H](C)[C@H](CO)NC(=O)CCc1c(C)nc2nc[nH]n2c1=O. The number of nitrogens with one attached hydrogen (secondary N) is 2. The number of aromatic nitrogens is 4. The van der Waals surface area contributed by atoms with Crippen LogP contribution in [0, 0.1) is 12.8 Å². The summed E-state index contributed by atoms with van der Waals surface area (Å²) in [4.78, 5) is 32.6. The zero-order valence-electron chi connectivity index (χ0n) is 13.7. The van der Waals surface area contributed by atoms with Gasteiger partial charge in [0.1, 0.15) is 6.33 Å². The molecule has 3 N–H and O–H groups in total. The lowest BCUT2D eigenvalue weighted by molar-refractivity contribution is -0.122. The van der Waals surface area contributed by atoms with Gasteiger partial charge in [-0.1, -0.05) is 20.3 Å². The Morgan fingerprint density at radius 2 is 2.26 bits per heavy atom. The van der Waals surface area contributed by atoms with Gasteiger partial charge in [-0.05, 0) is 19.3 Å². The minimum Gasteiger partial charge on any atom is -0.394 e. The average Bonchev–Trinajstić information content (AvgIpc) is 3.00. The van der Waals surface area contributed by atoms with E-state index < -0.39 is 0 Å². The Morgan fingerprint density at radius 3 is 2.91 bits per heavy atom. The molecule has 2 atom stereocenters. The number of aliphatic hydroxyl groups excluding tert-OH is 1. The van der Waals surface area contributed by atoms with Crippen LogP contribution in [0.1, 0.15) is 37.9 Å². The zero-order valence-corrected chi connectivity index (χ0v) is 13.7. The van der Waals surface area contributed by atoms with Crippen LogP contribution in [0.25, 0.3) is 5.78 Å². The molecular formula is C15H23N5O3. The normalized spacial score (nSPS) is 13.9. The molecule has 0 saturated carbocycles. The predicted molar refractivity (Wildman–Crippen MR) is 85.1 cm³/mol. The lowest BCUT2D eigenvalue weighted by Crippen LogP contribution is -2.42. The summed E-state index contributed by atoms with van der Waals surface area (Å²) in [6.07, 6.45) is 2.74. The molecule has 0 aliphatic heterocycles. The van der Waals surface area contributed by atoms with Gasteiger partial charge in [0.25, 0.3) is 11.3 Å². The minimum atomic E-state index is -0.261. The van der Waals surface area contributed by atoms with Gasteiger partial charge in [0.05, 0.1) is 18.3 Å². The molecule has 23 heavy (non-hydrogen) atoms. The fourth-order valence-electron chi connectivity index (χ4n) is 2.45. The van der Waals surface area contributed by atoms with Crippen molar-refractivity contribution in [3.05, 3.63) is 27.9 Å². The van der Waals surface area contributed by atoms with Gasteiger partial charge in [0, 0.05) is 12.0 Å². The summed E-state index contributed by atoms with van der Waals surface area (Å²) in [5.41, 5.74) is 0.833. The number of amides is 1. The highest BCUT2D eigenvalue weighted by Gasteiger charge is 2.18. The summed E-state index contributed by atoms with van der Waals surface area (Å²) in [6, 6.07) is -0.261. The van der Waals surface area contributed by atoms with Gasteiger partial charge < -0.3 is 10.4 Å². The Labute approximate surface area is 133 Å². The molecule has 0 radical (unpaired) electrons. The summed E-state index contributed by atoms with van der Waals surface area (Å²) in [7, 11) is 0. The van der Waals surface area contributed by atoms with Crippen molar-refractivity contribution in [3.63, 3.8) is 0 Å². The van der Waals surface area contributed by atoms with Crippen molar-refractivity contribution in [3.8, 4) is 0 Å². The van der Waals surface area contributed by atoms with E-state index in [1.165, 1.54) is 10.8 Å². The Kier molecular flexibility index (Phi) is 5.49. The van der Waals surface area contributed by atoms with Crippen molar-refractivity contribution in [2.24, 2.45) is 5.92 Å². The number of fused-ring (bicyclic) bond motifs is 1. The van der Waals surface area contributed by atoms with Gasteiger partial charge in [-0.15, -0.1) is 0 Å². The molecule has 2 aromatic rings. The van der Waals surface area contributed by atoms with E-state index in [0.29, 0.717) is 23.5 Å². The van der Waals surface area contributed by atoms with E-state index in [0.717, 1.165) is 6.42 Å². The van der Waals surface area contributed by atoms with E-state index in [9.17, 15) is 14.7 Å². The Hall–Kier alpha value is -2.22. The topological polar surface area (TPSA) is 112 Å². The fourth-order valence-corrected chi connectivity index (χ4v) is 2.45. The molecule has 126 valence electrons. The molecule has 0 spiro atoms. The van der Waals surface area contributed by atoms with Crippen LogP contribution in [0.2, 0.25) is 0 Å². The maximum atomic E-state index is 12.3. The first-order chi connectivity index (χ1) is 11.0. The van der Waals surface area contributed by atoms with Crippen molar-refractivity contribution in [2.45, 2.75) is 46.1 Å². The highest BCUT2D eigenvalue weighted by molar-refractivity contribution is 5.76. The van der Waals surface area contributed by atoms with Crippen molar-refractivity contribution in [1.82, 2.24) is 24.9 Å². The molecule has 0 fully saturated rings. The number of H-pyrrole nitrogens is 1. The molecule has 0 unspecified atom stereocenters. The van der Waals surface area contributed by atoms with Crippen LogP contribution in [0.3, 0.4) is 0 Å². The van der Waals surface area contributed by atoms with Crippen molar-refractivity contribution >= 4 is 11.7 Å². The molecule has 1 amide bonds. The molecule has 0 saturated heterocycles. The van der Waals surface area contributed by atoms with Crippen LogP contribution in [-0.2, 0) is 11.2 Å². The number of hydrogen-bond donors (Lipinski definition) is 3. The van der Waals surface area contributed by atoms with Crippen molar-refractivity contribution < 1.29 is 9.90 Å². The van der Waals surface area contributed by atoms with Crippen LogP contribution in [-0.4, -0.2) is 43.2 Å². The zero-order chi connectivity index (χ0) is 17.0. The first-order valence-corrected chi connectivity index (χ1v) is 7.79. The van der Waals surface area contributed by atoms with Gasteiger partial charge in [-0.2, -0.15) is 4.52 Å². The first-order valence-electron chi connectivity index (χ1n) is 7.79. The van der Waals surface area contributed by atoms with Crippen LogP contribution in [0.5, 0.6) is 0 Å². The van der Waals surface area contributed by atoms with E-state index in [4.69, 9.17) is 0 Å². The number of carbonyl (C=O) groups is 1. The van der Waals surface area contributed by atoms with Crippen molar-refractivity contribution in [1.29, 1.82) is 0 Å². The Bertz CT molecular complexity index is 736. The van der Waals surface area contributed by atoms with Crippen molar-refractivity contribution in [2.75, 3.05) is 6.61 Å². The molecule has 8 heteroatoms. The number of carbonyl (C=O) groups excluding carboxylic acids is 1. The van der Waals surface area contributed by atoms with E-state index in [-0.39, 0.29) is 36.5 Å². The molecule has 0 aromatic carbocycles. The van der Waals surface area contributed by atoms with E-state index >= 15 is 0 Å². The van der Waals surface area contributed by atoms with Gasteiger partial charge >= 0.3 is 0 Å². The van der Waals surface area contributed by atoms with Crippen LogP contribution in [0.15, 0.2) is 11.1 Å². The van der Waals surface area contributed by atoms with E-state index in [2.05, 4.69) is 20.4 Å². The van der Waals surface area contributed by atoms with E-state index in [1.54, 1.807) is 6.92 Å². The predicted octanol–water partition coefficient (Wildman–Crippen LogP) is 0.182. The summed E-state index contributed by atoms with van der Waals surface area (Å²) >= 11 is 0. The number of hydrogen-bond acceptors (Lipinski definition) is 5. The maximum absolute atomic E-state index is 12.3. The van der Waals surface area contributed by atoms with Crippen LogP contribution in [0.4, 0.5) is 0 Å². The molecule has 0 aliphatic rings. The van der Waals surface area contributed by atoms with Gasteiger partial charge in [-0.3, -0.25) is 14.7 Å². The third-order valence-electron chi connectivity index (χ3n) is 4.21.